The van der Waals surface area contributed by atoms with Crippen molar-refractivity contribution in [3.05, 3.63) is 60.6 Å². The molecule has 2 unspecified atom stereocenters. The fourth-order valence-corrected chi connectivity index (χ4v) is 3.22. The third-order valence-corrected chi connectivity index (χ3v) is 4.84. The highest BCUT2D eigenvalue weighted by Crippen LogP contribution is 2.23. The molecule has 1 amide bonds. The number of esters is 1. The molecule has 0 spiro atoms. The number of fused-ring (bicyclic) bond motifs is 1. The minimum absolute atomic E-state index is 0.0908. The average molecular weight is 455 g/mol. The normalized spacial score (nSPS) is 12.6. The Morgan fingerprint density at radius 2 is 1.85 bits per heavy atom. The number of anilines is 2. The van der Waals surface area contributed by atoms with Crippen LogP contribution in [0.15, 0.2) is 55.0 Å². The van der Waals surface area contributed by atoms with E-state index in [1.807, 2.05) is 36.4 Å². The molecular formula is C24H27FN4O4. The van der Waals surface area contributed by atoms with Gasteiger partial charge in [-0.1, -0.05) is 19.1 Å². The van der Waals surface area contributed by atoms with Crippen LogP contribution in [0.1, 0.15) is 32.3 Å². The Morgan fingerprint density at radius 3 is 2.58 bits per heavy atom. The quantitative estimate of drug-likeness (QED) is 0.429. The van der Waals surface area contributed by atoms with Crippen LogP contribution in [0.3, 0.4) is 0 Å². The topological polar surface area (TPSA) is 102 Å². The van der Waals surface area contributed by atoms with Gasteiger partial charge in [-0.3, -0.25) is 4.98 Å². The summed E-state index contributed by atoms with van der Waals surface area (Å²) in [5.74, 6) is 0.0602. The number of ether oxygens (including phenoxy) is 2. The third-order valence-electron chi connectivity index (χ3n) is 4.84. The molecule has 174 valence electrons. The average Bonchev–Trinajstić information content (AvgIpc) is 2.80. The van der Waals surface area contributed by atoms with Crippen LogP contribution >= 0.6 is 0 Å². The van der Waals surface area contributed by atoms with Crippen LogP contribution in [0.25, 0.3) is 10.8 Å². The molecule has 0 radical (unpaired) electrons. The first-order valence-electron chi connectivity index (χ1n) is 10.8. The van der Waals surface area contributed by atoms with Crippen molar-refractivity contribution in [3.63, 3.8) is 0 Å². The molecule has 8 nitrogen and oxygen atoms in total. The Kier molecular flexibility index (Phi) is 8.51. The Balaban J connectivity index is 1.68. The van der Waals surface area contributed by atoms with Crippen LogP contribution in [-0.2, 0) is 20.7 Å². The summed E-state index contributed by atoms with van der Waals surface area (Å²) in [5.41, 5.74) is 1.57. The van der Waals surface area contributed by atoms with Gasteiger partial charge >= 0.3 is 12.1 Å². The maximum atomic E-state index is 13.6. The lowest BCUT2D eigenvalue weighted by Crippen LogP contribution is -2.44. The van der Waals surface area contributed by atoms with Gasteiger partial charge in [0.15, 0.2) is 0 Å². The number of amides is 1. The van der Waals surface area contributed by atoms with Crippen molar-refractivity contribution >= 4 is 34.3 Å². The molecule has 2 aromatic heterocycles. The SMILES string of the molecule is CCCC(F)OC(=O)NC(Cc1ccc(Nc2nccc3ccncc23)cc1)C(=O)OCC. The molecule has 3 aromatic rings. The van der Waals surface area contributed by atoms with Gasteiger partial charge in [-0.25, -0.2) is 19.0 Å². The molecule has 0 saturated heterocycles. The number of carbonyl (C=O) groups excluding carboxylic acids is 2. The van der Waals surface area contributed by atoms with Crippen LogP contribution < -0.4 is 10.6 Å². The van der Waals surface area contributed by atoms with E-state index < -0.39 is 24.5 Å². The van der Waals surface area contributed by atoms with E-state index >= 15 is 0 Å². The van der Waals surface area contributed by atoms with Crippen LogP contribution in [0.5, 0.6) is 0 Å². The molecule has 0 aliphatic carbocycles. The third kappa shape index (κ3) is 6.86. The van der Waals surface area contributed by atoms with Crippen LogP contribution in [0.2, 0.25) is 0 Å². The molecular weight excluding hydrogens is 427 g/mol. The van der Waals surface area contributed by atoms with Gasteiger partial charge in [0.25, 0.3) is 0 Å². The molecule has 2 heterocycles. The van der Waals surface area contributed by atoms with Crippen molar-refractivity contribution in [1.82, 2.24) is 15.3 Å². The molecule has 3 rings (SSSR count). The summed E-state index contributed by atoms with van der Waals surface area (Å²) in [6.45, 7) is 3.60. The highest BCUT2D eigenvalue weighted by molar-refractivity contribution is 5.92. The second kappa shape index (κ2) is 11.8. The monoisotopic (exact) mass is 454 g/mol. The second-order valence-electron chi connectivity index (χ2n) is 7.34. The van der Waals surface area contributed by atoms with Gasteiger partial charge in [0.1, 0.15) is 11.9 Å². The van der Waals surface area contributed by atoms with Gasteiger partial charge in [0.05, 0.1) is 6.61 Å². The summed E-state index contributed by atoms with van der Waals surface area (Å²) < 4.78 is 23.3. The molecule has 0 aliphatic heterocycles. The first-order valence-corrected chi connectivity index (χ1v) is 10.8. The Morgan fingerprint density at radius 1 is 1.09 bits per heavy atom. The largest absolute Gasteiger partial charge is 0.464 e. The minimum Gasteiger partial charge on any atom is -0.464 e. The first-order chi connectivity index (χ1) is 16.0. The fraction of sp³-hybridized carbons (Fsp3) is 0.333. The minimum atomic E-state index is -1.72. The van der Waals surface area contributed by atoms with Gasteiger partial charge < -0.3 is 20.1 Å². The van der Waals surface area contributed by atoms with E-state index in [9.17, 15) is 14.0 Å². The van der Waals surface area contributed by atoms with Crippen LogP contribution in [-0.4, -0.2) is 41.0 Å². The van der Waals surface area contributed by atoms with E-state index in [1.54, 1.807) is 32.4 Å². The molecule has 1 aromatic carbocycles. The van der Waals surface area contributed by atoms with Crippen molar-refractivity contribution in [3.8, 4) is 0 Å². The summed E-state index contributed by atoms with van der Waals surface area (Å²) in [6.07, 6.45) is 3.25. The molecule has 9 heteroatoms. The number of hydrogen-bond acceptors (Lipinski definition) is 7. The van der Waals surface area contributed by atoms with E-state index in [0.717, 1.165) is 22.0 Å². The zero-order chi connectivity index (χ0) is 23.6. The van der Waals surface area contributed by atoms with E-state index in [-0.39, 0.29) is 19.4 Å². The molecule has 0 saturated carbocycles. The smallest absolute Gasteiger partial charge is 0.410 e. The van der Waals surface area contributed by atoms with E-state index in [1.165, 1.54) is 0 Å². The summed E-state index contributed by atoms with van der Waals surface area (Å²) in [6, 6.07) is 10.1. The number of halogens is 1. The maximum Gasteiger partial charge on any atom is 0.410 e. The second-order valence-corrected chi connectivity index (χ2v) is 7.34. The highest BCUT2D eigenvalue weighted by Gasteiger charge is 2.24. The lowest BCUT2D eigenvalue weighted by atomic mass is 10.1. The molecule has 0 aliphatic rings. The summed E-state index contributed by atoms with van der Waals surface area (Å²) in [5, 5.41) is 7.58. The predicted octanol–water partition coefficient (Wildman–Crippen LogP) is 4.67. The summed E-state index contributed by atoms with van der Waals surface area (Å²) in [7, 11) is 0. The number of hydrogen-bond donors (Lipinski definition) is 2. The zero-order valence-corrected chi connectivity index (χ0v) is 18.6. The number of alkyl carbamates (subject to hydrolysis) is 1. The van der Waals surface area contributed by atoms with Gasteiger partial charge in [-0.05, 0) is 48.6 Å². The van der Waals surface area contributed by atoms with Crippen molar-refractivity contribution < 1.29 is 23.5 Å². The number of aromatic nitrogens is 2. The van der Waals surface area contributed by atoms with E-state index in [4.69, 9.17) is 4.74 Å². The van der Waals surface area contributed by atoms with Crippen molar-refractivity contribution in [1.29, 1.82) is 0 Å². The number of rotatable bonds is 10. The fourth-order valence-electron chi connectivity index (χ4n) is 3.22. The molecule has 0 fully saturated rings. The lowest BCUT2D eigenvalue weighted by molar-refractivity contribution is -0.145. The first kappa shape index (κ1) is 23.9. The number of pyridine rings is 2. The molecule has 33 heavy (non-hydrogen) atoms. The number of benzene rings is 1. The van der Waals surface area contributed by atoms with E-state index in [0.29, 0.717) is 12.2 Å². The van der Waals surface area contributed by atoms with Crippen LogP contribution in [0, 0.1) is 0 Å². The Bertz CT molecular complexity index is 1070. The van der Waals surface area contributed by atoms with Crippen molar-refractivity contribution in [2.45, 2.75) is 45.5 Å². The van der Waals surface area contributed by atoms with Gasteiger partial charge in [0.2, 0.25) is 6.36 Å². The van der Waals surface area contributed by atoms with Gasteiger partial charge in [-0.15, -0.1) is 0 Å². The number of alkyl halides is 1. The Labute approximate surface area is 191 Å². The summed E-state index contributed by atoms with van der Waals surface area (Å²) in [4.78, 5) is 32.8. The lowest BCUT2D eigenvalue weighted by Gasteiger charge is -2.18. The van der Waals surface area contributed by atoms with Crippen molar-refractivity contribution in [2.24, 2.45) is 0 Å². The van der Waals surface area contributed by atoms with Crippen molar-refractivity contribution in [2.75, 3.05) is 11.9 Å². The van der Waals surface area contributed by atoms with Gasteiger partial charge in [-0.2, -0.15) is 0 Å². The number of carbonyl (C=O) groups is 2. The zero-order valence-electron chi connectivity index (χ0n) is 18.6. The van der Waals surface area contributed by atoms with E-state index in [2.05, 4.69) is 25.3 Å². The number of nitrogens with zero attached hydrogens (tertiary/aromatic N) is 2. The maximum absolute atomic E-state index is 13.6. The van der Waals surface area contributed by atoms with Crippen LogP contribution in [0.4, 0.5) is 20.7 Å². The predicted molar refractivity (Wildman–Crippen MR) is 123 cm³/mol. The van der Waals surface area contributed by atoms with Gasteiger partial charge in [0, 0.05) is 42.5 Å². The molecule has 2 atom stereocenters. The summed E-state index contributed by atoms with van der Waals surface area (Å²) >= 11 is 0. The molecule has 0 bridgehead atoms. The Hall–Kier alpha value is -3.75. The standard InChI is InChI=1S/C24H27FN4O4/c1-3-5-21(25)33-24(31)29-20(23(30)32-4-2)14-16-6-8-18(9-7-16)28-22-19-15-26-12-10-17(19)11-13-27-22/h6-13,15,20-21H,3-5,14H2,1-2H3,(H,27,28)(H,29,31). The highest BCUT2D eigenvalue weighted by atomic mass is 19.1. The number of nitrogens with one attached hydrogen (secondary N) is 2. The molecule has 2 N–H and O–H groups in total.